The maximum absolute atomic E-state index is 6.05. The second kappa shape index (κ2) is 7.10. The number of rotatable bonds is 5. The van der Waals surface area contributed by atoms with Gasteiger partial charge in [-0.3, -0.25) is 0 Å². The number of ether oxygens (including phenoxy) is 2. The van der Waals surface area contributed by atoms with Crippen LogP contribution in [0, 0.1) is 6.92 Å². The van der Waals surface area contributed by atoms with Crippen molar-refractivity contribution >= 4 is 38.7 Å². The second-order valence-electron chi connectivity index (χ2n) is 5.70. The van der Waals surface area contributed by atoms with E-state index >= 15 is 0 Å². The third-order valence-electron chi connectivity index (χ3n) is 3.99. The van der Waals surface area contributed by atoms with Gasteiger partial charge in [-0.1, -0.05) is 0 Å². The third-order valence-corrected chi connectivity index (χ3v) is 5.43. The Morgan fingerprint density at radius 3 is 3.25 bits per heavy atom. The summed E-state index contributed by atoms with van der Waals surface area (Å²) < 4.78 is 11.7. The molecule has 24 heavy (non-hydrogen) atoms. The molecule has 0 spiro atoms. The van der Waals surface area contributed by atoms with Crippen LogP contribution >= 0.6 is 22.7 Å². The van der Waals surface area contributed by atoms with Crippen LogP contribution in [0.1, 0.15) is 17.9 Å². The van der Waals surface area contributed by atoms with Crippen LogP contribution in [0.3, 0.4) is 0 Å². The molecule has 1 saturated heterocycles. The maximum atomic E-state index is 6.05. The van der Waals surface area contributed by atoms with Gasteiger partial charge in [0.05, 0.1) is 35.8 Å². The molecule has 0 radical (unpaired) electrons. The predicted octanol–water partition coefficient (Wildman–Crippen LogP) is 3.24. The van der Waals surface area contributed by atoms with Gasteiger partial charge in [0.15, 0.2) is 0 Å². The first-order valence-corrected chi connectivity index (χ1v) is 9.66. The molecule has 8 heteroatoms. The van der Waals surface area contributed by atoms with Crippen LogP contribution in [0.5, 0.6) is 0 Å². The van der Waals surface area contributed by atoms with Gasteiger partial charge < -0.3 is 14.8 Å². The molecular weight excluding hydrogens is 344 g/mol. The fourth-order valence-corrected chi connectivity index (χ4v) is 4.14. The molecule has 1 fully saturated rings. The lowest BCUT2D eigenvalue weighted by Gasteiger charge is -2.32. The molecule has 6 nitrogen and oxygen atoms in total. The Morgan fingerprint density at radius 2 is 2.38 bits per heavy atom. The van der Waals surface area contributed by atoms with E-state index in [1.54, 1.807) is 22.7 Å². The number of anilines is 1. The molecule has 1 aliphatic rings. The smallest absolute Gasteiger partial charge is 0.138 e. The first-order chi connectivity index (χ1) is 11.8. The largest absolute Gasteiger partial charge is 0.379 e. The highest BCUT2D eigenvalue weighted by molar-refractivity contribution is 7.16. The van der Waals surface area contributed by atoms with Crippen molar-refractivity contribution in [2.45, 2.75) is 32.1 Å². The van der Waals surface area contributed by atoms with Crippen LogP contribution in [0.15, 0.2) is 22.3 Å². The lowest BCUT2D eigenvalue weighted by Crippen LogP contribution is -2.43. The summed E-state index contributed by atoms with van der Waals surface area (Å²) in [4.78, 5) is 14.4. The van der Waals surface area contributed by atoms with Gasteiger partial charge in [-0.05, 0) is 24.8 Å². The van der Waals surface area contributed by atoms with Crippen LogP contribution in [-0.2, 0) is 16.1 Å². The summed E-state index contributed by atoms with van der Waals surface area (Å²) in [6.07, 6.45) is 0.862. The van der Waals surface area contributed by atoms with Gasteiger partial charge in [-0.2, -0.15) is 0 Å². The average molecular weight is 362 g/mol. The summed E-state index contributed by atoms with van der Waals surface area (Å²) in [5.41, 5.74) is 2.78. The minimum absolute atomic E-state index is 0.0237. The fourth-order valence-electron chi connectivity index (χ4n) is 2.79. The van der Waals surface area contributed by atoms with Crippen molar-refractivity contribution in [1.82, 2.24) is 15.0 Å². The number of nitrogens with zero attached hydrogens (tertiary/aromatic N) is 3. The van der Waals surface area contributed by atoms with E-state index in [4.69, 9.17) is 9.47 Å². The lowest BCUT2D eigenvalue weighted by molar-refractivity contribution is -0.0644. The standard InChI is InChI=1S/C16H18N4O2S2/c1-10-18-15(12-3-5-24-16(12)19-10)20-13-2-4-21-7-14(13)22-6-11-8-23-9-17-11/h3,5,8-9,13-14H,2,4,6-7H2,1H3,(H,18,19,20)/t13-,14-/m1/s1. The Bertz CT molecular complexity index is 806. The summed E-state index contributed by atoms with van der Waals surface area (Å²) in [7, 11) is 0. The van der Waals surface area contributed by atoms with E-state index in [2.05, 4.69) is 26.3 Å². The highest BCUT2D eigenvalue weighted by Crippen LogP contribution is 2.27. The van der Waals surface area contributed by atoms with Gasteiger partial charge in [-0.25, -0.2) is 15.0 Å². The van der Waals surface area contributed by atoms with Crippen molar-refractivity contribution in [3.05, 3.63) is 33.9 Å². The molecule has 3 aromatic rings. The minimum atomic E-state index is -0.0237. The van der Waals surface area contributed by atoms with Gasteiger partial charge in [0.2, 0.25) is 0 Å². The second-order valence-corrected chi connectivity index (χ2v) is 7.32. The molecule has 4 heterocycles. The van der Waals surface area contributed by atoms with Crippen molar-refractivity contribution in [2.24, 2.45) is 0 Å². The molecule has 4 rings (SSSR count). The molecule has 2 atom stereocenters. The number of hydrogen-bond acceptors (Lipinski definition) is 8. The molecule has 126 valence electrons. The highest BCUT2D eigenvalue weighted by Gasteiger charge is 2.27. The Kier molecular flexibility index (Phi) is 4.70. The number of hydrogen-bond donors (Lipinski definition) is 1. The first kappa shape index (κ1) is 15.9. The Morgan fingerprint density at radius 1 is 1.42 bits per heavy atom. The molecule has 0 unspecified atom stereocenters. The maximum Gasteiger partial charge on any atom is 0.138 e. The Hall–Kier alpha value is -1.61. The number of thiazole rings is 1. The number of aryl methyl sites for hydroxylation is 1. The van der Waals surface area contributed by atoms with E-state index in [9.17, 15) is 0 Å². The molecule has 3 aromatic heterocycles. The van der Waals surface area contributed by atoms with Crippen LogP contribution < -0.4 is 5.32 Å². The topological polar surface area (TPSA) is 69.2 Å². The van der Waals surface area contributed by atoms with Crippen molar-refractivity contribution in [3.8, 4) is 0 Å². The molecular formula is C16H18N4O2S2. The Labute approximate surface area is 147 Å². The predicted molar refractivity (Wildman–Crippen MR) is 95.7 cm³/mol. The number of thiophene rings is 1. The van der Waals surface area contributed by atoms with Crippen molar-refractivity contribution in [2.75, 3.05) is 18.5 Å². The fraction of sp³-hybridized carbons (Fsp3) is 0.438. The van der Waals surface area contributed by atoms with E-state index in [0.717, 1.165) is 40.6 Å². The summed E-state index contributed by atoms with van der Waals surface area (Å²) in [6.45, 7) is 3.74. The zero-order valence-electron chi connectivity index (χ0n) is 13.3. The van der Waals surface area contributed by atoms with E-state index in [1.807, 2.05) is 23.2 Å². The van der Waals surface area contributed by atoms with E-state index < -0.39 is 0 Å². The number of fused-ring (bicyclic) bond motifs is 1. The van der Waals surface area contributed by atoms with Crippen molar-refractivity contribution in [1.29, 1.82) is 0 Å². The quantitative estimate of drug-likeness (QED) is 0.751. The SMILES string of the molecule is Cc1nc(N[C@@H]2CCOC[C@H]2OCc2cscn2)c2ccsc2n1. The molecule has 0 aliphatic carbocycles. The van der Waals surface area contributed by atoms with Crippen molar-refractivity contribution < 1.29 is 9.47 Å². The molecule has 0 saturated carbocycles. The van der Waals surface area contributed by atoms with Crippen LogP contribution in [-0.4, -0.2) is 40.3 Å². The summed E-state index contributed by atoms with van der Waals surface area (Å²) in [5, 5.41) is 8.68. The average Bonchev–Trinajstić information content (AvgIpc) is 3.25. The van der Waals surface area contributed by atoms with Gasteiger partial charge in [0.1, 0.15) is 22.6 Å². The summed E-state index contributed by atoms with van der Waals surface area (Å²) in [6, 6.07) is 2.22. The Balaban J connectivity index is 1.51. The normalized spacial score (nSPS) is 21.2. The van der Waals surface area contributed by atoms with Crippen LogP contribution in [0.2, 0.25) is 0 Å². The number of nitrogens with one attached hydrogen (secondary N) is 1. The van der Waals surface area contributed by atoms with Gasteiger partial charge in [0, 0.05) is 12.0 Å². The zero-order valence-corrected chi connectivity index (χ0v) is 14.9. The molecule has 0 amide bonds. The van der Waals surface area contributed by atoms with Crippen molar-refractivity contribution in [3.63, 3.8) is 0 Å². The van der Waals surface area contributed by atoms with Gasteiger partial charge in [0.25, 0.3) is 0 Å². The zero-order chi connectivity index (χ0) is 16.4. The number of aromatic nitrogens is 3. The van der Waals surface area contributed by atoms with Crippen LogP contribution in [0.25, 0.3) is 10.2 Å². The van der Waals surface area contributed by atoms with Crippen LogP contribution in [0.4, 0.5) is 5.82 Å². The summed E-state index contributed by atoms with van der Waals surface area (Å²) >= 11 is 3.21. The third kappa shape index (κ3) is 3.41. The highest BCUT2D eigenvalue weighted by atomic mass is 32.1. The van der Waals surface area contributed by atoms with Gasteiger partial charge in [-0.15, -0.1) is 22.7 Å². The molecule has 1 N–H and O–H groups in total. The molecule has 0 aromatic carbocycles. The lowest BCUT2D eigenvalue weighted by atomic mass is 10.1. The minimum Gasteiger partial charge on any atom is -0.379 e. The molecule has 0 bridgehead atoms. The first-order valence-electron chi connectivity index (χ1n) is 7.84. The van der Waals surface area contributed by atoms with E-state index in [1.165, 1.54) is 0 Å². The van der Waals surface area contributed by atoms with Gasteiger partial charge >= 0.3 is 0 Å². The van der Waals surface area contributed by atoms with E-state index in [0.29, 0.717) is 13.2 Å². The summed E-state index contributed by atoms with van der Waals surface area (Å²) in [5.74, 6) is 1.66. The van der Waals surface area contributed by atoms with E-state index in [-0.39, 0.29) is 12.1 Å². The monoisotopic (exact) mass is 362 g/mol. The molecule has 1 aliphatic heterocycles.